The molecule has 3 aromatic heterocycles. The van der Waals surface area contributed by atoms with Crippen LogP contribution in [0.4, 0.5) is 5.13 Å². The molecule has 0 unspecified atom stereocenters. The van der Waals surface area contributed by atoms with E-state index in [2.05, 4.69) is 25.5 Å². The van der Waals surface area contributed by atoms with Crippen molar-refractivity contribution >= 4 is 34.1 Å². The predicted octanol–water partition coefficient (Wildman–Crippen LogP) is 2.86. The second-order valence-corrected chi connectivity index (χ2v) is 7.08. The average molecular weight is 360 g/mol. The standard InChI is InChI=1S/C15H16N6OS2/c1-3-21-13(11-4-6-16-7-5-11)19-20-15(21)23-9-12(22)18-14-17-8-10(2)24-14/h4-8H,3,9H2,1-2H3,(H,17,18,22). The summed E-state index contributed by atoms with van der Waals surface area (Å²) in [5.41, 5.74) is 0.953. The van der Waals surface area contributed by atoms with Crippen LogP contribution in [-0.4, -0.2) is 36.4 Å². The highest BCUT2D eigenvalue weighted by Crippen LogP contribution is 2.24. The fraction of sp³-hybridized carbons (Fsp3) is 0.267. The van der Waals surface area contributed by atoms with E-state index >= 15 is 0 Å². The third kappa shape index (κ3) is 3.80. The van der Waals surface area contributed by atoms with Crippen molar-refractivity contribution < 1.29 is 4.79 Å². The zero-order chi connectivity index (χ0) is 16.9. The van der Waals surface area contributed by atoms with Gasteiger partial charge >= 0.3 is 0 Å². The van der Waals surface area contributed by atoms with Gasteiger partial charge in [0.2, 0.25) is 5.91 Å². The third-order valence-corrected chi connectivity index (χ3v) is 4.97. The third-order valence-electron chi connectivity index (χ3n) is 3.17. The number of aromatic nitrogens is 5. The van der Waals surface area contributed by atoms with E-state index < -0.39 is 0 Å². The second-order valence-electron chi connectivity index (χ2n) is 4.90. The Labute approximate surface area is 147 Å². The van der Waals surface area contributed by atoms with E-state index in [0.717, 1.165) is 28.0 Å². The molecule has 3 aromatic rings. The Morgan fingerprint density at radius 3 is 2.79 bits per heavy atom. The van der Waals surface area contributed by atoms with Gasteiger partial charge in [0.1, 0.15) is 0 Å². The molecule has 0 aromatic carbocycles. The number of aryl methyl sites for hydroxylation is 1. The Hall–Kier alpha value is -2.26. The number of thiazole rings is 1. The zero-order valence-electron chi connectivity index (χ0n) is 13.3. The summed E-state index contributed by atoms with van der Waals surface area (Å²) in [7, 11) is 0. The highest BCUT2D eigenvalue weighted by Gasteiger charge is 2.15. The van der Waals surface area contributed by atoms with E-state index in [1.54, 1.807) is 18.6 Å². The SMILES string of the molecule is CCn1c(SCC(=O)Nc2ncc(C)s2)nnc1-c1ccncc1. The summed E-state index contributed by atoms with van der Waals surface area (Å²) in [6.07, 6.45) is 5.18. The van der Waals surface area contributed by atoms with Crippen molar-refractivity contribution in [3.05, 3.63) is 35.6 Å². The lowest BCUT2D eigenvalue weighted by atomic mass is 10.2. The van der Waals surface area contributed by atoms with Gasteiger partial charge in [-0.15, -0.1) is 21.5 Å². The lowest BCUT2D eigenvalue weighted by Crippen LogP contribution is -2.14. The zero-order valence-corrected chi connectivity index (χ0v) is 14.9. The number of hydrogen-bond donors (Lipinski definition) is 1. The van der Waals surface area contributed by atoms with Gasteiger partial charge in [-0.25, -0.2) is 4.98 Å². The monoisotopic (exact) mass is 360 g/mol. The molecule has 0 spiro atoms. The van der Waals surface area contributed by atoms with Gasteiger partial charge in [-0.3, -0.25) is 9.78 Å². The molecule has 0 aliphatic rings. The molecule has 7 nitrogen and oxygen atoms in total. The summed E-state index contributed by atoms with van der Waals surface area (Å²) >= 11 is 2.82. The van der Waals surface area contributed by atoms with Crippen molar-refractivity contribution in [2.24, 2.45) is 0 Å². The van der Waals surface area contributed by atoms with Gasteiger partial charge < -0.3 is 9.88 Å². The first-order valence-corrected chi connectivity index (χ1v) is 9.16. The maximum atomic E-state index is 12.0. The number of thioether (sulfide) groups is 1. The maximum absolute atomic E-state index is 12.0. The lowest BCUT2D eigenvalue weighted by Gasteiger charge is -2.07. The quantitative estimate of drug-likeness (QED) is 0.680. The summed E-state index contributed by atoms with van der Waals surface area (Å²) in [5, 5.41) is 12.6. The largest absolute Gasteiger partial charge is 0.302 e. The van der Waals surface area contributed by atoms with Gasteiger partial charge in [0.05, 0.1) is 5.75 Å². The van der Waals surface area contributed by atoms with Crippen molar-refractivity contribution in [3.63, 3.8) is 0 Å². The van der Waals surface area contributed by atoms with Crippen LogP contribution in [0.2, 0.25) is 0 Å². The molecule has 0 fully saturated rings. The highest BCUT2D eigenvalue weighted by molar-refractivity contribution is 7.99. The number of rotatable bonds is 6. The van der Waals surface area contributed by atoms with Crippen molar-refractivity contribution in [2.75, 3.05) is 11.1 Å². The second kappa shape index (κ2) is 7.54. The van der Waals surface area contributed by atoms with Gasteiger partial charge in [-0.05, 0) is 26.0 Å². The molecule has 3 heterocycles. The molecule has 0 aliphatic heterocycles. The lowest BCUT2D eigenvalue weighted by molar-refractivity contribution is -0.113. The first kappa shape index (κ1) is 16.6. The van der Waals surface area contributed by atoms with Crippen LogP contribution in [0.3, 0.4) is 0 Å². The summed E-state index contributed by atoms with van der Waals surface area (Å²) in [6.45, 7) is 4.70. The Morgan fingerprint density at radius 2 is 2.12 bits per heavy atom. The van der Waals surface area contributed by atoms with Crippen molar-refractivity contribution in [1.29, 1.82) is 0 Å². The molecular weight excluding hydrogens is 344 g/mol. The molecule has 24 heavy (non-hydrogen) atoms. The molecule has 124 valence electrons. The minimum atomic E-state index is -0.106. The summed E-state index contributed by atoms with van der Waals surface area (Å²) in [4.78, 5) is 21.2. The predicted molar refractivity (Wildman–Crippen MR) is 95.1 cm³/mol. The van der Waals surface area contributed by atoms with Crippen LogP contribution in [0.15, 0.2) is 35.9 Å². The Kier molecular flexibility index (Phi) is 5.21. The molecule has 0 atom stereocenters. The Bertz CT molecular complexity index is 830. The van der Waals surface area contributed by atoms with Crippen molar-refractivity contribution in [1.82, 2.24) is 24.7 Å². The first-order chi connectivity index (χ1) is 11.7. The molecule has 9 heteroatoms. The number of amides is 1. The van der Waals surface area contributed by atoms with Crippen LogP contribution in [0.5, 0.6) is 0 Å². The Balaban J connectivity index is 1.67. The fourth-order valence-corrected chi connectivity index (χ4v) is 3.58. The summed E-state index contributed by atoms with van der Waals surface area (Å²) < 4.78 is 1.99. The molecule has 1 N–H and O–H groups in total. The number of pyridine rings is 1. The number of anilines is 1. The minimum Gasteiger partial charge on any atom is -0.302 e. The van der Waals surface area contributed by atoms with Crippen LogP contribution in [-0.2, 0) is 11.3 Å². The fourth-order valence-electron chi connectivity index (χ4n) is 2.09. The molecular formula is C15H16N6OS2. The Morgan fingerprint density at radius 1 is 1.33 bits per heavy atom. The normalized spacial score (nSPS) is 10.8. The molecule has 0 aliphatic carbocycles. The van der Waals surface area contributed by atoms with Gasteiger partial charge in [-0.2, -0.15) is 0 Å². The van der Waals surface area contributed by atoms with E-state index in [9.17, 15) is 4.79 Å². The molecule has 1 amide bonds. The first-order valence-electron chi connectivity index (χ1n) is 7.36. The van der Waals surface area contributed by atoms with Gasteiger partial charge in [0, 0.05) is 35.6 Å². The van der Waals surface area contributed by atoms with Crippen LogP contribution in [0, 0.1) is 6.92 Å². The van der Waals surface area contributed by atoms with E-state index in [1.807, 2.05) is 30.5 Å². The number of carbonyl (C=O) groups excluding carboxylic acids is 1. The molecule has 0 saturated heterocycles. The van der Waals surface area contributed by atoms with Crippen molar-refractivity contribution in [2.45, 2.75) is 25.5 Å². The number of carbonyl (C=O) groups is 1. The van der Waals surface area contributed by atoms with E-state index in [4.69, 9.17) is 0 Å². The smallest absolute Gasteiger partial charge is 0.236 e. The van der Waals surface area contributed by atoms with Crippen LogP contribution < -0.4 is 5.32 Å². The number of nitrogens with zero attached hydrogens (tertiary/aromatic N) is 5. The van der Waals surface area contributed by atoms with Gasteiger partial charge in [0.25, 0.3) is 0 Å². The molecule has 0 saturated carbocycles. The average Bonchev–Trinajstić information content (AvgIpc) is 3.19. The molecule has 0 bridgehead atoms. The summed E-state index contributed by atoms with van der Waals surface area (Å²) in [6, 6.07) is 3.78. The number of nitrogens with one attached hydrogen (secondary N) is 1. The van der Waals surface area contributed by atoms with Crippen LogP contribution in [0.1, 0.15) is 11.8 Å². The summed E-state index contributed by atoms with van der Waals surface area (Å²) in [5.74, 6) is 0.927. The topological polar surface area (TPSA) is 85.6 Å². The van der Waals surface area contributed by atoms with E-state index in [-0.39, 0.29) is 11.7 Å². The van der Waals surface area contributed by atoms with Crippen LogP contribution in [0.25, 0.3) is 11.4 Å². The van der Waals surface area contributed by atoms with Crippen LogP contribution >= 0.6 is 23.1 Å². The van der Waals surface area contributed by atoms with E-state index in [0.29, 0.717) is 5.13 Å². The van der Waals surface area contributed by atoms with Crippen molar-refractivity contribution in [3.8, 4) is 11.4 Å². The minimum absolute atomic E-state index is 0.106. The highest BCUT2D eigenvalue weighted by atomic mass is 32.2. The number of hydrogen-bond acceptors (Lipinski definition) is 7. The maximum Gasteiger partial charge on any atom is 0.236 e. The van der Waals surface area contributed by atoms with Gasteiger partial charge in [0.15, 0.2) is 16.1 Å². The van der Waals surface area contributed by atoms with Gasteiger partial charge in [-0.1, -0.05) is 11.8 Å². The molecule has 0 radical (unpaired) electrons. The molecule has 3 rings (SSSR count). The van der Waals surface area contributed by atoms with E-state index in [1.165, 1.54) is 23.1 Å².